The summed E-state index contributed by atoms with van der Waals surface area (Å²) in [6.07, 6.45) is 4.91. The molecule has 3 heterocycles. The summed E-state index contributed by atoms with van der Waals surface area (Å²) in [5, 5.41) is 11.2. The topological polar surface area (TPSA) is 129 Å². The molecule has 2 aliphatic heterocycles. The Hall–Kier alpha value is -3.40. The highest BCUT2D eigenvalue weighted by atomic mass is 19.1. The lowest BCUT2D eigenvalue weighted by atomic mass is 9.95. The number of nitrogens with one attached hydrogen (secondary N) is 2. The number of amides is 1. The van der Waals surface area contributed by atoms with Crippen LogP contribution in [0.3, 0.4) is 0 Å². The van der Waals surface area contributed by atoms with E-state index in [4.69, 9.17) is 21.9 Å². The summed E-state index contributed by atoms with van der Waals surface area (Å²) in [4.78, 5) is 21.2. The Morgan fingerprint density at radius 1 is 1.20 bits per heavy atom. The summed E-state index contributed by atoms with van der Waals surface area (Å²) in [6.45, 7) is 7.07. The largest absolute Gasteiger partial charge is 0.385 e. The van der Waals surface area contributed by atoms with Gasteiger partial charge < -0.3 is 31.2 Å². The maximum Gasteiger partial charge on any atom is 0.256 e. The Balaban J connectivity index is 1.53. The van der Waals surface area contributed by atoms with Gasteiger partial charge in [0.2, 0.25) is 0 Å². The number of primary amides is 1. The van der Waals surface area contributed by atoms with Gasteiger partial charge in [-0.15, -0.1) is 0 Å². The Kier molecular flexibility index (Phi) is 7.39. The van der Waals surface area contributed by atoms with Gasteiger partial charge in [0, 0.05) is 50.9 Å². The molecule has 0 saturated carbocycles. The minimum absolute atomic E-state index is 0.0102. The zero-order valence-electron chi connectivity index (χ0n) is 20.5. The number of piperidine rings is 1. The molecule has 1 amide bonds. The van der Waals surface area contributed by atoms with Crippen LogP contribution in [0, 0.1) is 18.2 Å². The number of carbonyl (C=O) groups is 1. The fraction of sp³-hybridized carbons (Fsp3) is 0.480. The predicted octanol–water partition coefficient (Wildman–Crippen LogP) is 1.73. The molecule has 6 N–H and O–H groups in total. The first-order valence-corrected chi connectivity index (χ1v) is 12.2. The molecule has 2 aromatic rings. The third kappa shape index (κ3) is 5.32. The Labute approximate surface area is 205 Å². The van der Waals surface area contributed by atoms with E-state index in [1.54, 1.807) is 20.0 Å². The molecule has 0 bridgehead atoms. The van der Waals surface area contributed by atoms with Gasteiger partial charge in [-0.05, 0) is 63.0 Å². The molecular formula is C25H35FN8O. The van der Waals surface area contributed by atoms with E-state index < -0.39 is 5.91 Å². The number of nitrogens with zero attached hydrogens (tertiary/aromatic N) is 4. The van der Waals surface area contributed by atoms with E-state index in [1.807, 2.05) is 11.0 Å². The highest BCUT2D eigenvalue weighted by molar-refractivity contribution is 6.19. The molecule has 1 aromatic carbocycles. The highest BCUT2D eigenvalue weighted by Crippen LogP contribution is 2.31. The summed E-state index contributed by atoms with van der Waals surface area (Å²) in [6, 6.07) is 5.12. The Bertz CT molecular complexity index is 1130. The lowest BCUT2D eigenvalue weighted by Crippen LogP contribution is -2.43. The molecule has 0 spiro atoms. The zero-order chi connectivity index (χ0) is 25.1. The molecular weight excluding hydrogens is 447 g/mol. The van der Waals surface area contributed by atoms with E-state index in [-0.39, 0.29) is 29.0 Å². The molecule has 2 aliphatic rings. The van der Waals surface area contributed by atoms with Crippen LogP contribution in [0.15, 0.2) is 35.8 Å². The van der Waals surface area contributed by atoms with Gasteiger partial charge in [0.15, 0.2) is 0 Å². The van der Waals surface area contributed by atoms with Gasteiger partial charge >= 0.3 is 0 Å². The standard InChI is InChI=1S/C25H35FN8O/c1-16-14-18(4-5-19(16)26)20-15-34(13-12-32-8-3-9-32)25(31-20)17-6-10-33(11-7-17)23(28)21(24(29)35)22(27)30-2/h4-5,14-15,17,28,30H,3,6-13,27H2,1-2H3,(H2,29,35)/b22-21+,28-23?. The first-order chi connectivity index (χ1) is 16.8. The van der Waals surface area contributed by atoms with E-state index in [9.17, 15) is 9.18 Å². The molecule has 9 nitrogen and oxygen atoms in total. The highest BCUT2D eigenvalue weighted by Gasteiger charge is 2.29. The predicted molar refractivity (Wildman–Crippen MR) is 134 cm³/mol. The number of amidine groups is 1. The summed E-state index contributed by atoms with van der Waals surface area (Å²) in [5.41, 5.74) is 13.7. The average molecular weight is 483 g/mol. The smallest absolute Gasteiger partial charge is 0.256 e. The van der Waals surface area contributed by atoms with Crippen LogP contribution >= 0.6 is 0 Å². The second-order valence-corrected chi connectivity index (χ2v) is 9.35. The third-order valence-corrected chi connectivity index (χ3v) is 7.07. The molecule has 4 rings (SSSR count). The molecule has 35 heavy (non-hydrogen) atoms. The molecule has 188 valence electrons. The van der Waals surface area contributed by atoms with Crippen molar-refractivity contribution in [3.05, 3.63) is 53.0 Å². The van der Waals surface area contributed by atoms with Crippen LogP contribution in [0.1, 0.15) is 36.6 Å². The number of benzene rings is 1. The van der Waals surface area contributed by atoms with Gasteiger partial charge in [-0.3, -0.25) is 10.2 Å². The van der Waals surface area contributed by atoms with Crippen molar-refractivity contribution in [1.82, 2.24) is 24.7 Å². The summed E-state index contributed by atoms with van der Waals surface area (Å²) in [5.74, 6) is 0.452. The number of rotatable bonds is 8. The average Bonchev–Trinajstić information content (AvgIpc) is 3.23. The molecule has 0 atom stereocenters. The second-order valence-electron chi connectivity index (χ2n) is 9.35. The van der Waals surface area contributed by atoms with Crippen molar-refractivity contribution in [2.75, 3.05) is 39.8 Å². The number of halogens is 1. The van der Waals surface area contributed by atoms with Crippen molar-refractivity contribution in [2.45, 2.75) is 38.6 Å². The van der Waals surface area contributed by atoms with Crippen molar-refractivity contribution in [3.8, 4) is 11.3 Å². The Morgan fingerprint density at radius 2 is 1.91 bits per heavy atom. The van der Waals surface area contributed by atoms with E-state index >= 15 is 0 Å². The summed E-state index contributed by atoms with van der Waals surface area (Å²) >= 11 is 0. The zero-order valence-corrected chi connectivity index (χ0v) is 20.5. The number of imidazole rings is 1. The first-order valence-electron chi connectivity index (χ1n) is 12.2. The number of aryl methyl sites for hydroxylation is 1. The van der Waals surface area contributed by atoms with E-state index in [2.05, 4.69) is 21.0 Å². The van der Waals surface area contributed by atoms with Crippen molar-refractivity contribution in [3.63, 3.8) is 0 Å². The van der Waals surface area contributed by atoms with Crippen molar-refractivity contribution in [2.24, 2.45) is 11.5 Å². The molecule has 2 fully saturated rings. The van der Waals surface area contributed by atoms with Crippen molar-refractivity contribution in [1.29, 1.82) is 5.41 Å². The SMILES string of the molecule is CN/C(N)=C(\C(=N)N1CCC(c2nc(-c3ccc(F)c(C)c3)cn2CCN2CCC2)CC1)C(N)=O. The lowest BCUT2D eigenvalue weighted by molar-refractivity contribution is -0.114. The normalized spacial score (nSPS) is 17.6. The maximum absolute atomic E-state index is 13.8. The molecule has 2 saturated heterocycles. The van der Waals surface area contributed by atoms with Gasteiger partial charge in [0.25, 0.3) is 5.91 Å². The van der Waals surface area contributed by atoms with Crippen LogP contribution in [-0.4, -0.2) is 70.9 Å². The molecule has 10 heteroatoms. The van der Waals surface area contributed by atoms with Crippen LogP contribution in [0.5, 0.6) is 0 Å². The molecule has 0 unspecified atom stereocenters. The van der Waals surface area contributed by atoms with Crippen LogP contribution in [0.2, 0.25) is 0 Å². The summed E-state index contributed by atoms with van der Waals surface area (Å²) < 4.78 is 16.1. The first kappa shape index (κ1) is 24.7. The number of carbonyl (C=O) groups excluding carboxylic acids is 1. The summed E-state index contributed by atoms with van der Waals surface area (Å²) in [7, 11) is 1.60. The number of likely N-dealkylation sites (tertiary alicyclic amines) is 2. The minimum Gasteiger partial charge on any atom is -0.385 e. The fourth-order valence-corrected chi connectivity index (χ4v) is 4.75. The Morgan fingerprint density at radius 3 is 2.49 bits per heavy atom. The second kappa shape index (κ2) is 10.5. The van der Waals surface area contributed by atoms with Crippen LogP contribution in [0.25, 0.3) is 11.3 Å². The number of hydrogen-bond donors (Lipinski definition) is 4. The minimum atomic E-state index is -0.718. The molecule has 1 aromatic heterocycles. The van der Waals surface area contributed by atoms with Crippen LogP contribution in [0.4, 0.5) is 4.39 Å². The van der Waals surface area contributed by atoms with Crippen molar-refractivity contribution >= 4 is 11.7 Å². The number of nitrogens with two attached hydrogens (primary N) is 2. The van der Waals surface area contributed by atoms with E-state index in [1.165, 1.54) is 12.5 Å². The van der Waals surface area contributed by atoms with E-state index in [0.29, 0.717) is 18.7 Å². The van der Waals surface area contributed by atoms with Gasteiger partial charge in [0.1, 0.15) is 28.9 Å². The lowest BCUT2D eigenvalue weighted by Gasteiger charge is -2.34. The fourth-order valence-electron chi connectivity index (χ4n) is 4.75. The molecule has 0 aliphatic carbocycles. The van der Waals surface area contributed by atoms with Crippen LogP contribution < -0.4 is 16.8 Å². The quantitative estimate of drug-likeness (QED) is 0.258. The van der Waals surface area contributed by atoms with Gasteiger partial charge in [-0.2, -0.15) is 0 Å². The number of aromatic nitrogens is 2. The van der Waals surface area contributed by atoms with E-state index in [0.717, 1.165) is 56.1 Å². The van der Waals surface area contributed by atoms with Gasteiger partial charge in [-0.25, -0.2) is 9.37 Å². The van der Waals surface area contributed by atoms with Gasteiger partial charge in [0.05, 0.1) is 5.69 Å². The van der Waals surface area contributed by atoms with Crippen molar-refractivity contribution < 1.29 is 9.18 Å². The van der Waals surface area contributed by atoms with Crippen LogP contribution in [-0.2, 0) is 11.3 Å². The molecule has 0 radical (unpaired) electrons. The monoisotopic (exact) mass is 482 g/mol. The van der Waals surface area contributed by atoms with Gasteiger partial charge in [-0.1, -0.05) is 0 Å². The third-order valence-electron chi connectivity index (χ3n) is 7.07. The maximum atomic E-state index is 13.8. The number of hydrogen-bond acceptors (Lipinski definition) is 6.